The first-order chi connectivity index (χ1) is 9.10. The summed E-state index contributed by atoms with van der Waals surface area (Å²) in [5, 5.41) is 13.6. The van der Waals surface area contributed by atoms with Gasteiger partial charge in [-0.2, -0.15) is 5.26 Å². The van der Waals surface area contributed by atoms with Crippen LogP contribution in [-0.4, -0.2) is 12.5 Å². The highest BCUT2D eigenvalue weighted by Gasteiger charge is 2.10. The molecule has 19 heavy (non-hydrogen) atoms. The minimum absolute atomic E-state index is 0.254. The van der Waals surface area contributed by atoms with Crippen molar-refractivity contribution in [2.24, 2.45) is 0 Å². The average Bonchev–Trinajstić information content (AvgIpc) is 2.39. The molecule has 1 rings (SSSR count). The van der Waals surface area contributed by atoms with Gasteiger partial charge in [-0.3, -0.25) is 4.79 Å². The maximum atomic E-state index is 13.3. The minimum atomic E-state index is -0.803. The van der Waals surface area contributed by atoms with E-state index in [0.29, 0.717) is 6.54 Å². The number of halogens is 2. The summed E-state index contributed by atoms with van der Waals surface area (Å²) in [7, 11) is 0. The van der Waals surface area contributed by atoms with Crippen LogP contribution in [0.4, 0.5) is 14.5 Å². The number of para-hydroxylation sites is 1. The van der Waals surface area contributed by atoms with E-state index in [0.717, 1.165) is 24.8 Å². The van der Waals surface area contributed by atoms with E-state index in [1.807, 2.05) is 6.92 Å². The Balaban J connectivity index is 2.84. The zero-order valence-electron chi connectivity index (χ0n) is 10.3. The smallest absolute Gasteiger partial charge is 0.263 e. The molecule has 4 nitrogen and oxygen atoms in total. The van der Waals surface area contributed by atoms with Gasteiger partial charge in [-0.25, -0.2) is 8.78 Å². The number of carbonyl (C=O) groups is 1. The van der Waals surface area contributed by atoms with Gasteiger partial charge in [0, 0.05) is 12.7 Å². The van der Waals surface area contributed by atoms with Crippen LogP contribution in [0.25, 0.3) is 0 Å². The third-order valence-corrected chi connectivity index (χ3v) is 2.22. The van der Waals surface area contributed by atoms with Gasteiger partial charge >= 0.3 is 0 Å². The summed E-state index contributed by atoms with van der Waals surface area (Å²) in [5.74, 6) is -2.20. The second kappa shape index (κ2) is 7.11. The molecule has 0 saturated carbocycles. The zero-order chi connectivity index (χ0) is 14.3. The fraction of sp³-hybridized carbons (Fsp3) is 0.231. The molecule has 0 heterocycles. The second-order valence-corrected chi connectivity index (χ2v) is 3.67. The Morgan fingerprint density at radius 2 is 2.05 bits per heavy atom. The lowest BCUT2D eigenvalue weighted by atomic mass is 10.2. The fourth-order valence-corrected chi connectivity index (χ4v) is 1.26. The van der Waals surface area contributed by atoms with E-state index in [2.05, 4.69) is 10.6 Å². The summed E-state index contributed by atoms with van der Waals surface area (Å²) in [4.78, 5) is 11.5. The standard InChI is InChI=1S/C13H13F2N3O/c1-2-6-17-13(19)9(7-16)8-18-12-10(14)4-3-5-11(12)15/h3-5,8,18H,2,6H2,1H3,(H,17,19)/b9-8-. The predicted octanol–water partition coefficient (Wildman–Crippen LogP) is 2.31. The average molecular weight is 265 g/mol. The molecular formula is C13H13F2N3O. The summed E-state index contributed by atoms with van der Waals surface area (Å²) in [6.45, 7) is 2.29. The van der Waals surface area contributed by atoms with Gasteiger partial charge in [0.15, 0.2) is 0 Å². The van der Waals surface area contributed by atoms with Gasteiger partial charge in [-0.1, -0.05) is 13.0 Å². The first-order valence-corrected chi connectivity index (χ1v) is 5.69. The van der Waals surface area contributed by atoms with Crippen molar-refractivity contribution >= 4 is 11.6 Å². The highest BCUT2D eigenvalue weighted by atomic mass is 19.1. The van der Waals surface area contributed by atoms with Crippen LogP contribution in [0, 0.1) is 23.0 Å². The van der Waals surface area contributed by atoms with Crippen LogP contribution in [0.5, 0.6) is 0 Å². The molecule has 1 aromatic carbocycles. The molecule has 0 radical (unpaired) electrons. The van der Waals surface area contributed by atoms with Gasteiger partial charge in [0.2, 0.25) is 0 Å². The normalized spacial score (nSPS) is 10.7. The van der Waals surface area contributed by atoms with Gasteiger partial charge in [0.25, 0.3) is 5.91 Å². The van der Waals surface area contributed by atoms with Crippen LogP contribution in [0.3, 0.4) is 0 Å². The molecule has 1 aromatic rings. The number of benzene rings is 1. The van der Waals surface area contributed by atoms with Crippen LogP contribution >= 0.6 is 0 Å². The third kappa shape index (κ3) is 4.07. The zero-order valence-corrected chi connectivity index (χ0v) is 10.3. The molecule has 0 saturated heterocycles. The van der Waals surface area contributed by atoms with Crippen molar-refractivity contribution in [3.8, 4) is 6.07 Å². The molecule has 1 amide bonds. The van der Waals surface area contributed by atoms with E-state index >= 15 is 0 Å². The molecule has 100 valence electrons. The lowest BCUT2D eigenvalue weighted by Crippen LogP contribution is -2.25. The number of amides is 1. The molecule has 0 aliphatic heterocycles. The number of nitrogens with zero attached hydrogens (tertiary/aromatic N) is 1. The fourth-order valence-electron chi connectivity index (χ4n) is 1.26. The lowest BCUT2D eigenvalue weighted by Gasteiger charge is -2.05. The van der Waals surface area contributed by atoms with E-state index in [1.54, 1.807) is 6.07 Å². The number of rotatable bonds is 5. The Morgan fingerprint density at radius 3 is 2.58 bits per heavy atom. The van der Waals surface area contributed by atoms with Gasteiger partial charge < -0.3 is 10.6 Å². The predicted molar refractivity (Wildman–Crippen MR) is 67.0 cm³/mol. The van der Waals surface area contributed by atoms with Crippen LogP contribution in [-0.2, 0) is 4.79 Å². The van der Waals surface area contributed by atoms with Crippen molar-refractivity contribution in [2.75, 3.05) is 11.9 Å². The monoisotopic (exact) mass is 265 g/mol. The van der Waals surface area contributed by atoms with Crippen molar-refractivity contribution in [3.05, 3.63) is 41.6 Å². The van der Waals surface area contributed by atoms with Crippen molar-refractivity contribution in [1.82, 2.24) is 5.32 Å². The Hall–Kier alpha value is -2.42. The van der Waals surface area contributed by atoms with Gasteiger partial charge in [0.05, 0.1) is 0 Å². The quantitative estimate of drug-likeness (QED) is 0.634. The molecule has 0 unspecified atom stereocenters. The summed E-state index contributed by atoms with van der Waals surface area (Å²) in [6.07, 6.45) is 1.70. The molecule has 2 N–H and O–H groups in total. The molecule has 0 bridgehead atoms. The van der Waals surface area contributed by atoms with E-state index in [1.165, 1.54) is 6.07 Å². The van der Waals surface area contributed by atoms with Gasteiger partial charge in [0.1, 0.15) is 29.0 Å². The van der Waals surface area contributed by atoms with Crippen LogP contribution in [0.15, 0.2) is 30.0 Å². The van der Waals surface area contributed by atoms with E-state index in [-0.39, 0.29) is 5.57 Å². The third-order valence-electron chi connectivity index (χ3n) is 2.22. The van der Waals surface area contributed by atoms with Crippen molar-refractivity contribution < 1.29 is 13.6 Å². The van der Waals surface area contributed by atoms with Crippen LogP contribution in [0.1, 0.15) is 13.3 Å². The lowest BCUT2D eigenvalue weighted by molar-refractivity contribution is -0.117. The number of nitriles is 1. The molecule has 0 fully saturated rings. The number of hydrogen-bond acceptors (Lipinski definition) is 3. The Kier molecular flexibility index (Phi) is 5.48. The Bertz CT molecular complexity index is 515. The summed E-state index contributed by atoms with van der Waals surface area (Å²) < 4.78 is 26.6. The van der Waals surface area contributed by atoms with E-state index < -0.39 is 23.2 Å². The first-order valence-electron chi connectivity index (χ1n) is 5.69. The molecule has 0 aliphatic carbocycles. The van der Waals surface area contributed by atoms with E-state index in [9.17, 15) is 13.6 Å². The largest absolute Gasteiger partial charge is 0.355 e. The molecule has 0 aromatic heterocycles. The van der Waals surface area contributed by atoms with Gasteiger partial charge in [-0.15, -0.1) is 0 Å². The number of carbonyl (C=O) groups excluding carboxylic acids is 1. The van der Waals surface area contributed by atoms with Crippen LogP contribution < -0.4 is 10.6 Å². The number of nitrogens with one attached hydrogen (secondary N) is 2. The number of hydrogen-bond donors (Lipinski definition) is 2. The van der Waals surface area contributed by atoms with Crippen molar-refractivity contribution in [3.63, 3.8) is 0 Å². The minimum Gasteiger partial charge on any atom is -0.355 e. The van der Waals surface area contributed by atoms with Gasteiger partial charge in [-0.05, 0) is 18.6 Å². The highest BCUT2D eigenvalue weighted by molar-refractivity contribution is 5.97. The summed E-state index contributed by atoms with van der Waals surface area (Å²) in [5.41, 5.74) is -0.658. The van der Waals surface area contributed by atoms with E-state index in [4.69, 9.17) is 5.26 Å². The van der Waals surface area contributed by atoms with Crippen molar-refractivity contribution in [2.45, 2.75) is 13.3 Å². The molecule has 6 heteroatoms. The Morgan fingerprint density at radius 1 is 1.42 bits per heavy atom. The maximum Gasteiger partial charge on any atom is 0.263 e. The highest BCUT2D eigenvalue weighted by Crippen LogP contribution is 2.18. The molecule has 0 aliphatic rings. The SMILES string of the molecule is CCCNC(=O)/C(C#N)=C\Nc1c(F)cccc1F. The summed E-state index contributed by atoms with van der Waals surface area (Å²) in [6, 6.07) is 5.03. The van der Waals surface area contributed by atoms with Crippen molar-refractivity contribution in [1.29, 1.82) is 5.26 Å². The molecular weight excluding hydrogens is 252 g/mol. The van der Waals surface area contributed by atoms with Crippen LogP contribution in [0.2, 0.25) is 0 Å². The summed E-state index contributed by atoms with van der Waals surface area (Å²) >= 11 is 0. The Labute approximate surface area is 109 Å². The number of anilines is 1. The first kappa shape index (κ1) is 14.6. The topological polar surface area (TPSA) is 64.9 Å². The molecule has 0 spiro atoms. The maximum absolute atomic E-state index is 13.3. The second-order valence-electron chi connectivity index (χ2n) is 3.67. The molecule has 0 atom stereocenters.